The molecule has 2 rings (SSSR count). The first-order valence-electron chi connectivity index (χ1n) is 7.38. The van der Waals surface area contributed by atoms with Crippen LogP contribution >= 0.6 is 0 Å². The van der Waals surface area contributed by atoms with Crippen molar-refractivity contribution < 1.29 is 9.53 Å². The number of hydrogen-bond donors (Lipinski definition) is 2. The lowest BCUT2D eigenvalue weighted by atomic mass is 9.80. The third-order valence-corrected chi connectivity index (χ3v) is 3.84. The SMILES string of the molecule is CCOC1CC(CC(=O)NC(CN)c2ccccc2)C1. The first kappa shape index (κ1) is 15.0. The summed E-state index contributed by atoms with van der Waals surface area (Å²) < 4.78 is 5.51. The summed E-state index contributed by atoms with van der Waals surface area (Å²) in [6.45, 7) is 3.18. The summed E-state index contributed by atoms with van der Waals surface area (Å²) in [6, 6.07) is 9.78. The van der Waals surface area contributed by atoms with Crippen molar-refractivity contribution in [1.29, 1.82) is 0 Å². The van der Waals surface area contributed by atoms with Gasteiger partial charge in [-0.15, -0.1) is 0 Å². The van der Waals surface area contributed by atoms with Crippen molar-refractivity contribution in [3.8, 4) is 0 Å². The minimum atomic E-state index is -0.0912. The van der Waals surface area contributed by atoms with Crippen LogP contribution in [0.4, 0.5) is 0 Å². The van der Waals surface area contributed by atoms with Crippen LogP contribution in [-0.4, -0.2) is 25.2 Å². The first-order valence-corrected chi connectivity index (χ1v) is 7.38. The fraction of sp³-hybridized carbons (Fsp3) is 0.562. The molecule has 0 spiro atoms. The fourth-order valence-electron chi connectivity index (χ4n) is 2.69. The smallest absolute Gasteiger partial charge is 0.220 e. The first-order chi connectivity index (χ1) is 9.72. The van der Waals surface area contributed by atoms with E-state index in [0.29, 0.717) is 25.0 Å². The Kier molecular flexibility index (Phi) is 5.56. The molecule has 1 atom stereocenters. The van der Waals surface area contributed by atoms with Crippen LogP contribution < -0.4 is 11.1 Å². The second-order valence-electron chi connectivity index (χ2n) is 5.39. The lowest BCUT2D eigenvalue weighted by Crippen LogP contribution is -2.38. The van der Waals surface area contributed by atoms with E-state index in [9.17, 15) is 4.79 Å². The van der Waals surface area contributed by atoms with E-state index in [-0.39, 0.29) is 11.9 Å². The van der Waals surface area contributed by atoms with Gasteiger partial charge in [0.05, 0.1) is 12.1 Å². The summed E-state index contributed by atoms with van der Waals surface area (Å²) in [5.41, 5.74) is 6.82. The number of benzene rings is 1. The van der Waals surface area contributed by atoms with Gasteiger partial charge in [-0.2, -0.15) is 0 Å². The molecule has 1 unspecified atom stereocenters. The molecule has 1 fully saturated rings. The highest BCUT2D eigenvalue weighted by atomic mass is 16.5. The molecular weight excluding hydrogens is 252 g/mol. The molecule has 1 aliphatic rings. The lowest BCUT2D eigenvalue weighted by Gasteiger charge is -2.34. The average molecular weight is 276 g/mol. The predicted molar refractivity (Wildman–Crippen MR) is 79.1 cm³/mol. The number of nitrogens with one attached hydrogen (secondary N) is 1. The molecule has 20 heavy (non-hydrogen) atoms. The van der Waals surface area contributed by atoms with Crippen LogP contribution in [0.2, 0.25) is 0 Å². The monoisotopic (exact) mass is 276 g/mol. The van der Waals surface area contributed by atoms with E-state index in [1.54, 1.807) is 0 Å². The molecule has 1 saturated carbocycles. The normalized spacial score (nSPS) is 22.9. The summed E-state index contributed by atoms with van der Waals surface area (Å²) in [5.74, 6) is 0.546. The summed E-state index contributed by atoms with van der Waals surface area (Å²) in [6.07, 6.45) is 2.93. The van der Waals surface area contributed by atoms with Gasteiger partial charge in [0.1, 0.15) is 0 Å². The molecule has 4 nitrogen and oxygen atoms in total. The third-order valence-electron chi connectivity index (χ3n) is 3.84. The molecule has 110 valence electrons. The molecule has 0 bridgehead atoms. The Morgan fingerprint density at radius 2 is 2.10 bits per heavy atom. The third kappa shape index (κ3) is 4.05. The number of nitrogens with two attached hydrogens (primary N) is 1. The zero-order valence-electron chi connectivity index (χ0n) is 12.0. The van der Waals surface area contributed by atoms with Crippen LogP contribution in [0.3, 0.4) is 0 Å². The van der Waals surface area contributed by atoms with Crippen molar-refractivity contribution in [2.24, 2.45) is 11.7 Å². The van der Waals surface area contributed by atoms with E-state index in [0.717, 1.165) is 25.0 Å². The van der Waals surface area contributed by atoms with Crippen LogP contribution in [0, 0.1) is 5.92 Å². The molecule has 1 aromatic carbocycles. The number of hydrogen-bond acceptors (Lipinski definition) is 3. The molecule has 1 aliphatic carbocycles. The predicted octanol–water partition coefficient (Wildman–Crippen LogP) is 2.01. The van der Waals surface area contributed by atoms with Gasteiger partial charge in [-0.25, -0.2) is 0 Å². The Balaban J connectivity index is 1.76. The van der Waals surface area contributed by atoms with Gasteiger partial charge in [-0.3, -0.25) is 4.79 Å². The molecule has 0 aliphatic heterocycles. The second kappa shape index (κ2) is 7.41. The average Bonchev–Trinajstić information content (AvgIpc) is 2.43. The number of ether oxygens (including phenoxy) is 1. The lowest BCUT2D eigenvalue weighted by molar-refractivity contribution is -0.125. The highest BCUT2D eigenvalue weighted by Crippen LogP contribution is 2.32. The molecular formula is C16H24N2O2. The Labute approximate surface area is 120 Å². The van der Waals surface area contributed by atoms with Crippen molar-refractivity contribution >= 4 is 5.91 Å². The van der Waals surface area contributed by atoms with Crippen LogP contribution in [0.1, 0.15) is 37.8 Å². The maximum Gasteiger partial charge on any atom is 0.220 e. The Morgan fingerprint density at radius 3 is 2.70 bits per heavy atom. The Hall–Kier alpha value is -1.39. The summed E-state index contributed by atoms with van der Waals surface area (Å²) >= 11 is 0. The van der Waals surface area contributed by atoms with Crippen molar-refractivity contribution in [3.05, 3.63) is 35.9 Å². The zero-order chi connectivity index (χ0) is 14.4. The number of carbonyl (C=O) groups excluding carboxylic acids is 1. The van der Waals surface area contributed by atoms with Crippen molar-refractivity contribution in [2.45, 2.75) is 38.3 Å². The van der Waals surface area contributed by atoms with Gasteiger partial charge in [-0.1, -0.05) is 30.3 Å². The van der Waals surface area contributed by atoms with Crippen molar-refractivity contribution in [2.75, 3.05) is 13.2 Å². The van der Waals surface area contributed by atoms with Gasteiger partial charge in [0.2, 0.25) is 5.91 Å². The van der Waals surface area contributed by atoms with Gasteiger partial charge in [0.15, 0.2) is 0 Å². The topological polar surface area (TPSA) is 64.3 Å². The summed E-state index contributed by atoms with van der Waals surface area (Å²) in [5, 5.41) is 3.02. The van der Waals surface area contributed by atoms with E-state index < -0.39 is 0 Å². The van der Waals surface area contributed by atoms with Crippen LogP contribution in [0.15, 0.2) is 30.3 Å². The molecule has 0 heterocycles. The van der Waals surface area contributed by atoms with Gasteiger partial charge in [0.25, 0.3) is 0 Å². The maximum atomic E-state index is 12.0. The van der Waals surface area contributed by atoms with Gasteiger partial charge in [-0.05, 0) is 31.2 Å². The minimum Gasteiger partial charge on any atom is -0.378 e. The summed E-state index contributed by atoms with van der Waals surface area (Å²) in [7, 11) is 0. The maximum absolute atomic E-state index is 12.0. The van der Waals surface area contributed by atoms with Crippen LogP contribution in [-0.2, 0) is 9.53 Å². The van der Waals surface area contributed by atoms with Crippen LogP contribution in [0.5, 0.6) is 0 Å². The van der Waals surface area contributed by atoms with E-state index in [1.807, 2.05) is 37.3 Å². The number of rotatable bonds is 7. The Bertz CT molecular complexity index is 416. The molecule has 4 heteroatoms. The quantitative estimate of drug-likeness (QED) is 0.800. The highest BCUT2D eigenvalue weighted by molar-refractivity contribution is 5.76. The van der Waals surface area contributed by atoms with Gasteiger partial charge >= 0.3 is 0 Å². The molecule has 0 saturated heterocycles. The fourth-order valence-corrected chi connectivity index (χ4v) is 2.69. The van der Waals surface area contributed by atoms with Gasteiger partial charge in [0, 0.05) is 19.6 Å². The standard InChI is InChI=1S/C16H24N2O2/c1-2-20-14-8-12(9-14)10-16(19)18-15(11-17)13-6-4-3-5-7-13/h3-7,12,14-15H,2,8-11,17H2,1H3,(H,18,19). The largest absolute Gasteiger partial charge is 0.378 e. The minimum absolute atomic E-state index is 0.0873. The molecule has 1 aromatic rings. The zero-order valence-corrected chi connectivity index (χ0v) is 12.0. The van der Waals surface area contributed by atoms with Crippen molar-refractivity contribution in [3.63, 3.8) is 0 Å². The number of amides is 1. The molecule has 3 N–H and O–H groups in total. The highest BCUT2D eigenvalue weighted by Gasteiger charge is 2.31. The Morgan fingerprint density at radius 1 is 1.40 bits per heavy atom. The second-order valence-corrected chi connectivity index (χ2v) is 5.39. The van der Waals surface area contributed by atoms with E-state index in [4.69, 9.17) is 10.5 Å². The molecule has 1 amide bonds. The summed E-state index contributed by atoms with van der Waals surface area (Å²) in [4.78, 5) is 12.0. The van der Waals surface area contributed by atoms with E-state index in [2.05, 4.69) is 5.32 Å². The van der Waals surface area contributed by atoms with Gasteiger partial charge < -0.3 is 15.8 Å². The van der Waals surface area contributed by atoms with E-state index in [1.165, 1.54) is 0 Å². The molecule has 0 radical (unpaired) electrons. The number of carbonyl (C=O) groups is 1. The van der Waals surface area contributed by atoms with Crippen LogP contribution in [0.25, 0.3) is 0 Å². The molecule has 0 aromatic heterocycles. The van der Waals surface area contributed by atoms with E-state index >= 15 is 0 Å². The van der Waals surface area contributed by atoms with Crippen molar-refractivity contribution in [1.82, 2.24) is 5.32 Å².